The zero-order valence-corrected chi connectivity index (χ0v) is 16.9. The van der Waals surface area contributed by atoms with Gasteiger partial charge in [0.2, 0.25) is 0 Å². The summed E-state index contributed by atoms with van der Waals surface area (Å²) in [7, 11) is 0. The van der Waals surface area contributed by atoms with Crippen molar-refractivity contribution < 1.29 is 23.8 Å². The molecule has 0 bridgehead atoms. The summed E-state index contributed by atoms with van der Waals surface area (Å²) in [4.78, 5) is 10.6. The van der Waals surface area contributed by atoms with E-state index < -0.39 is 17.6 Å². The fraction of sp³-hybridized carbons (Fsp3) is 0.292. The van der Waals surface area contributed by atoms with Gasteiger partial charge < -0.3 is 10.2 Å². The van der Waals surface area contributed by atoms with Crippen LogP contribution in [0.1, 0.15) is 55.9 Å². The van der Waals surface area contributed by atoms with Crippen LogP contribution in [-0.2, 0) is 17.6 Å². The van der Waals surface area contributed by atoms with Gasteiger partial charge in [-0.2, -0.15) is 0 Å². The maximum Gasteiger partial charge on any atom is 0.328 e. The number of aromatic hydroxyl groups is 1. The Labute approximate surface area is 170 Å². The number of benzene rings is 2. The predicted molar refractivity (Wildman–Crippen MR) is 112 cm³/mol. The van der Waals surface area contributed by atoms with Crippen LogP contribution in [0.3, 0.4) is 0 Å². The van der Waals surface area contributed by atoms with E-state index in [1.54, 1.807) is 12.1 Å². The summed E-state index contributed by atoms with van der Waals surface area (Å²) in [6.07, 6.45) is 4.48. The van der Waals surface area contributed by atoms with Crippen molar-refractivity contribution in [2.45, 2.75) is 46.5 Å². The third-order valence-corrected chi connectivity index (χ3v) is 4.83. The summed E-state index contributed by atoms with van der Waals surface area (Å²) >= 11 is 0. The van der Waals surface area contributed by atoms with E-state index in [1.807, 2.05) is 26.8 Å². The molecule has 0 amide bonds. The lowest BCUT2D eigenvalue weighted by Crippen LogP contribution is -2.02. The summed E-state index contributed by atoms with van der Waals surface area (Å²) in [5.41, 5.74) is 3.99. The Hall–Kier alpha value is -2.95. The normalized spacial score (nSPS) is 12.3. The zero-order chi connectivity index (χ0) is 21.6. The smallest absolute Gasteiger partial charge is 0.328 e. The Morgan fingerprint density at radius 1 is 1.10 bits per heavy atom. The first-order chi connectivity index (χ1) is 13.8. The summed E-state index contributed by atoms with van der Waals surface area (Å²) in [5, 5.41) is 18.4. The van der Waals surface area contributed by atoms with E-state index in [9.17, 15) is 18.7 Å². The topological polar surface area (TPSA) is 57.5 Å². The quantitative estimate of drug-likeness (QED) is 0.523. The van der Waals surface area contributed by atoms with Crippen molar-refractivity contribution in [3.63, 3.8) is 0 Å². The number of allylic oxidation sites excluding steroid dienone is 2. The zero-order valence-electron chi connectivity index (χ0n) is 16.9. The summed E-state index contributed by atoms with van der Waals surface area (Å²) in [6.45, 7) is 5.92. The number of hydrogen-bond acceptors (Lipinski definition) is 2. The van der Waals surface area contributed by atoms with Crippen LogP contribution < -0.4 is 0 Å². The SMILES string of the molecule is CCC/C(=C(/C)Cc1c(F)cc(/C=C/C(=O)O)cc1F)c1ccc(O)cc1CC. The molecule has 154 valence electrons. The van der Waals surface area contributed by atoms with E-state index in [2.05, 4.69) is 0 Å². The minimum atomic E-state index is -1.18. The number of carboxylic acid groups (broad SMARTS) is 1. The van der Waals surface area contributed by atoms with Crippen LogP contribution in [0.4, 0.5) is 8.78 Å². The number of carbonyl (C=O) groups is 1. The van der Waals surface area contributed by atoms with E-state index in [4.69, 9.17) is 5.11 Å². The second kappa shape index (κ2) is 10.0. The second-order valence-corrected chi connectivity index (χ2v) is 7.02. The van der Waals surface area contributed by atoms with Crippen molar-refractivity contribution in [1.82, 2.24) is 0 Å². The van der Waals surface area contributed by atoms with Crippen molar-refractivity contribution in [3.8, 4) is 5.75 Å². The van der Waals surface area contributed by atoms with Gasteiger partial charge in [-0.15, -0.1) is 0 Å². The van der Waals surface area contributed by atoms with Crippen molar-refractivity contribution in [2.75, 3.05) is 0 Å². The van der Waals surface area contributed by atoms with Gasteiger partial charge in [-0.25, -0.2) is 13.6 Å². The Morgan fingerprint density at radius 3 is 2.31 bits per heavy atom. The van der Waals surface area contributed by atoms with Gasteiger partial charge in [0.1, 0.15) is 17.4 Å². The van der Waals surface area contributed by atoms with E-state index in [0.29, 0.717) is 0 Å². The average molecular weight is 400 g/mol. The molecule has 0 aliphatic heterocycles. The number of aryl methyl sites for hydroxylation is 1. The number of hydrogen-bond donors (Lipinski definition) is 2. The van der Waals surface area contributed by atoms with Crippen LogP contribution in [0.25, 0.3) is 11.6 Å². The summed E-state index contributed by atoms with van der Waals surface area (Å²) in [5.74, 6) is -2.39. The van der Waals surface area contributed by atoms with E-state index >= 15 is 0 Å². The molecule has 0 fully saturated rings. The molecule has 0 spiro atoms. The predicted octanol–water partition coefficient (Wildman–Crippen LogP) is 6.15. The molecule has 0 aliphatic rings. The number of aliphatic carboxylic acids is 1. The lowest BCUT2D eigenvalue weighted by atomic mass is 9.89. The second-order valence-electron chi connectivity index (χ2n) is 7.02. The first-order valence-electron chi connectivity index (χ1n) is 9.66. The molecule has 2 N–H and O–H groups in total. The largest absolute Gasteiger partial charge is 0.508 e. The van der Waals surface area contributed by atoms with Crippen molar-refractivity contribution in [3.05, 3.63) is 75.9 Å². The number of phenols is 1. The molecule has 0 radical (unpaired) electrons. The summed E-state index contributed by atoms with van der Waals surface area (Å²) in [6, 6.07) is 7.49. The fourth-order valence-corrected chi connectivity index (χ4v) is 3.42. The van der Waals surface area contributed by atoms with Crippen LogP contribution in [0.15, 0.2) is 42.0 Å². The molecule has 2 rings (SSSR count). The molecule has 0 atom stereocenters. The number of phenolic OH excluding ortho intramolecular Hbond substituents is 1. The van der Waals surface area contributed by atoms with Crippen LogP contribution >= 0.6 is 0 Å². The Morgan fingerprint density at radius 2 is 1.76 bits per heavy atom. The van der Waals surface area contributed by atoms with Crippen LogP contribution in [0, 0.1) is 11.6 Å². The fourth-order valence-electron chi connectivity index (χ4n) is 3.42. The molecule has 0 unspecified atom stereocenters. The van der Waals surface area contributed by atoms with Gasteiger partial charge in [0.25, 0.3) is 0 Å². The first kappa shape index (κ1) is 22.3. The van der Waals surface area contributed by atoms with E-state index in [-0.39, 0.29) is 23.3 Å². The molecule has 0 aliphatic carbocycles. The number of rotatable bonds is 8. The standard InChI is InChI=1S/C24H26F2O3/c1-4-6-19(20-9-8-18(27)14-17(20)5-2)15(3)11-21-22(25)12-16(13-23(21)26)7-10-24(28)29/h7-10,12-14,27H,4-6,11H2,1-3H3,(H,28,29)/b10-7+,19-15+. The minimum Gasteiger partial charge on any atom is -0.508 e. The van der Waals surface area contributed by atoms with Gasteiger partial charge in [0.05, 0.1) is 0 Å². The molecule has 0 saturated carbocycles. The van der Waals surface area contributed by atoms with Gasteiger partial charge in [-0.3, -0.25) is 0 Å². The van der Waals surface area contributed by atoms with Gasteiger partial charge >= 0.3 is 5.97 Å². The van der Waals surface area contributed by atoms with Gasteiger partial charge in [0.15, 0.2) is 0 Å². The first-order valence-corrected chi connectivity index (χ1v) is 9.66. The van der Waals surface area contributed by atoms with E-state index in [0.717, 1.165) is 65.8 Å². The van der Waals surface area contributed by atoms with Gasteiger partial charge in [-0.1, -0.05) is 31.9 Å². The maximum absolute atomic E-state index is 14.6. The highest BCUT2D eigenvalue weighted by molar-refractivity contribution is 5.85. The van der Waals surface area contributed by atoms with Crippen molar-refractivity contribution in [2.24, 2.45) is 0 Å². The Balaban J connectivity index is 2.47. The van der Waals surface area contributed by atoms with Crippen molar-refractivity contribution >= 4 is 17.6 Å². The number of halogens is 2. The van der Waals surface area contributed by atoms with Crippen LogP contribution in [0.5, 0.6) is 5.75 Å². The maximum atomic E-state index is 14.6. The molecule has 0 saturated heterocycles. The van der Waals surface area contributed by atoms with Crippen LogP contribution in [0.2, 0.25) is 0 Å². The van der Waals surface area contributed by atoms with Crippen LogP contribution in [-0.4, -0.2) is 16.2 Å². The Bertz CT molecular complexity index is 936. The lowest BCUT2D eigenvalue weighted by Gasteiger charge is -2.17. The van der Waals surface area contributed by atoms with Gasteiger partial charge in [0, 0.05) is 11.6 Å². The molecule has 0 heterocycles. The highest BCUT2D eigenvalue weighted by Gasteiger charge is 2.15. The molecule has 2 aromatic carbocycles. The van der Waals surface area contributed by atoms with Crippen molar-refractivity contribution in [1.29, 1.82) is 0 Å². The minimum absolute atomic E-state index is 0.0413. The van der Waals surface area contributed by atoms with Gasteiger partial charge in [-0.05, 0) is 78.8 Å². The monoisotopic (exact) mass is 400 g/mol. The number of carboxylic acids is 1. The molecule has 0 aromatic heterocycles. The highest BCUT2D eigenvalue weighted by Crippen LogP contribution is 2.32. The highest BCUT2D eigenvalue weighted by atomic mass is 19.1. The third kappa shape index (κ3) is 5.76. The van der Waals surface area contributed by atoms with E-state index in [1.165, 1.54) is 0 Å². The molecule has 5 heteroatoms. The third-order valence-electron chi connectivity index (χ3n) is 4.83. The molecular formula is C24H26F2O3. The molecule has 3 nitrogen and oxygen atoms in total. The molecular weight excluding hydrogens is 374 g/mol. The molecule has 2 aromatic rings. The molecule has 29 heavy (non-hydrogen) atoms. The summed E-state index contributed by atoms with van der Waals surface area (Å²) < 4.78 is 29.1. The lowest BCUT2D eigenvalue weighted by molar-refractivity contribution is -0.131. The Kier molecular flexibility index (Phi) is 7.71. The average Bonchev–Trinajstić information content (AvgIpc) is 2.67.